The van der Waals surface area contributed by atoms with Gasteiger partial charge in [-0.25, -0.2) is 4.98 Å². The number of aromatic nitrogens is 1. The number of hydrogen-bond acceptors (Lipinski definition) is 5. The van der Waals surface area contributed by atoms with E-state index in [-0.39, 0.29) is 18.3 Å². The van der Waals surface area contributed by atoms with Crippen LogP contribution in [0, 0.1) is 0 Å². The summed E-state index contributed by atoms with van der Waals surface area (Å²) in [5.41, 5.74) is 1.84. The third-order valence-corrected chi connectivity index (χ3v) is 5.43. The lowest BCUT2D eigenvalue weighted by Crippen LogP contribution is -3.00. The van der Waals surface area contributed by atoms with E-state index in [1.165, 1.54) is 0 Å². The molecule has 1 aromatic heterocycles. The van der Waals surface area contributed by atoms with Crippen LogP contribution in [-0.4, -0.2) is 49.6 Å². The zero-order chi connectivity index (χ0) is 19.9. The lowest BCUT2D eigenvalue weighted by molar-refractivity contribution is -0.118. The minimum absolute atomic E-state index is 0. The molecule has 0 spiro atoms. The smallest absolute Gasteiger partial charge is 0.233 e. The quantitative estimate of drug-likeness (QED) is 0.510. The first-order chi connectivity index (χ1) is 13.6. The Balaban J connectivity index is 0.00000300. The molecule has 156 valence electrons. The number of para-hydroxylation sites is 1. The molecular formula is C22H27ClN3O2S-. The minimum atomic E-state index is 0. The summed E-state index contributed by atoms with van der Waals surface area (Å²) in [7, 11) is 4.09. The van der Waals surface area contributed by atoms with Crippen LogP contribution in [0.1, 0.15) is 18.9 Å². The number of ether oxygens (including phenoxy) is 1. The Kier molecular flexibility index (Phi) is 8.89. The van der Waals surface area contributed by atoms with E-state index in [0.717, 1.165) is 39.6 Å². The molecule has 1 heterocycles. The van der Waals surface area contributed by atoms with Crippen LogP contribution in [0.15, 0.2) is 48.5 Å². The Hall–Kier alpha value is -2.15. The summed E-state index contributed by atoms with van der Waals surface area (Å²) in [5.74, 6) is 0.841. The highest BCUT2D eigenvalue weighted by molar-refractivity contribution is 7.22. The van der Waals surface area contributed by atoms with Crippen LogP contribution in [0.25, 0.3) is 10.2 Å². The van der Waals surface area contributed by atoms with Gasteiger partial charge in [0.15, 0.2) is 5.13 Å². The lowest BCUT2D eigenvalue weighted by atomic mass is 10.1. The van der Waals surface area contributed by atoms with Gasteiger partial charge in [-0.1, -0.05) is 47.7 Å². The number of hydrogen-bond donors (Lipinski definition) is 0. The summed E-state index contributed by atoms with van der Waals surface area (Å²) < 4.78 is 6.75. The average molecular weight is 433 g/mol. The van der Waals surface area contributed by atoms with E-state index in [4.69, 9.17) is 9.72 Å². The molecule has 3 aromatic rings. The molecule has 0 atom stereocenters. The first-order valence-corrected chi connectivity index (χ1v) is 10.4. The van der Waals surface area contributed by atoms with Crippen LogP contribution < -0.4 is 22.0 Å². The van der Waals surface area contributed by atoms with E-state index in [2.05, 4.69) is 4.90 Å². The summed E-state index contributed by atoms with van der Waals surface area (Å²) in [6.07, 6.45) is 1.26. The van der Waals surface area contributed by atoms with Gasteiger partial charge in [-0.05, 0) is 51.7 Å². The molecule has 0 saturated heterocycles. The molecule has 0 aliphatic rings. The Labute approximate surface area is 182 Å². The van der Waals surface area contributed by atoms with Gasteiger partial charge in [0.25, 0.3) is 0 Å². The van der Waals surface area contributed by atoms with Crippen LogP contribution in [0.5, 0.6) is 5.75 Å². The minimum Gasteiger partial charge on any atom is -1.00 e. The van der Waals surface area contributed by atoms with Gasteiger partial charge < -0.3 is 22.0 Å². The van der Waals surface area contributed by atoms with Crippen molar-refractivity contribution in [2.45, 2.75) is 19.8 Å². The first kappa shape index (κ1) is 23.1. The fourth-order valence-electron chi connectivity index (χ4n) is 3.04. The van der Waals surface area contributed by atoms with E-state index in [9.17, 15) is 4.79 Å². The monoisotopic (exact) mass is 432 g/mol. The van der Waals surface area contributed by atoms with Crippen molar-refractivity contribution in [2.24, 2.45) is 0 Å². The van der Waals surface area contributed by atoms with Crippen molar-refractivity contribution in [1.82, 2.24) is 9.88 Å². The number of nitrogens with zero attached hydrogens (tertiary/aromatic N) is 3. The molecule has 29 heavy (non-hydrogen) atoms. The molecule has 0 unspecified atom stereocenters. The van der Waals surface area contributed by atoms with Gasteiger partial charge in [0, 0.05) is 6.54 Å². The maximum Gasteiger partial charge on any atom is 0.233 e. The standard InChI is InChI=1S/C22H27N3O2S.ClH/c1-4-27-18-12-8-13-19-21(18)23-22(28-19)25(15-9-14-24(2)3)20(26)16-17-10-6-5-7-11-17;/h5-8,10-13H,4,9,14-16H2,1-3H3;1H/p-1. The highest BCUT2D eigenvalue weighted by atomic mass is 35.5. The predicted molar refractivity (Wildman–Crippen MR) is 116 cm³/mol. The number of rotatable bonds is 9. The van der Waals surface area contributed by atoms with E-state index >= 15 is 0 Å². The van der Waals surface area contributed by atoms with Gasteiger partial charge >= 0.3 is 0 Å². The molecular weight excluding hydrogens is 406 g/mol. The first-order valence-electron chi connectivity index (χ1n) is 9.60. The summed E-state index contributed by atoms with van der Waals surface area (Å²) >= 11 is 1.54. The fraction of sp³-hybridized carbons (Fsp3) is 0.364. The molecule has 0 fully saturated rings. The Bertz CT molecular complexity index is 915. The number of carbonyl (C=O) groups excluding carboxylic acids is 1. The van der Waals surface area contributed by atoms with Crippen molar-refractivity contribution in [1.29, 1.82) is 0 Å². The second-order valence-corrected chi connectivity index (χ2v) is 7.91. The second kappa shape index (κ2) is 11.1. The zero-order valence-corrected chi connectivity index (χ0v) is 18.7. The normalized spacial score (nSPS) is 10.8. The molecule has 2 aromatic carbocycles. The highest BCUT2D eigenvalue weighted by Gasteiger charge is 2.21. The molecule has 1 amide bonds. The number of carbonyl (C=O) groups is 1. The van der Waals surface area contributed by atoms with E-state index in [1.807, 2.05) is 74.4 Å². The summed E-state index contributed by atoms with van der Waals surface area (Å²) in [5, 5.41) is 0.738. The van der Waals surface area contributed by atoms with Gasteiger partial charge in [0.05, 0.1) is 17.7 Å². The van der Waals surface area contributed by atoms with Crippen molar-refractivity contribution in [3.8, 4) is 5.75 Å². The number of fused-ring (bicyclic) bond motifs is 1. The third-order valence-electron chi connectivity index (χ3n) is 4.39. The maximum absolute atomic E-state index is 13.1. The van der Waals surface area contributed by atoms with Crippen molar-refractivity contribution in [3.63, 3.8) is 0 Å². The molecule has 0 bridgehead atoms. The zero-order valence-electron chi connectivity index (χ0n) is 17.1. The topological polar surface area (TPSA) is 45.7 Å². The molecule has 0 N–H and O–H groups in total. The molecule has 0 radical (unpaired) electrons. The van der Waals surface area contributed by atoms with Crippen molar-refractivity contribution in [3.05, 3.63) is 54.1 Å². The Morgan fingerprint density at radius 2 is 1.83 bits per heavy atom. The summed E-state index contributed by atoms with van der Waals surface area (Å²) in [4.78, 5) is 21.9. The fourth-order valence-corrected chi connectivity index (χ4v) is 4.06. The van der Waals surface area contributed by atoms with Crippen LogP contribution in [0.4, 0.5) is 5.13 Å². The van der Waals surface area contributed by atoms with Gasteiger partial charge in [0.1, 0.15) is 11.3 Å². The van der Waals surface area contributed by atoms with Gasteiger partial charge in [0.2, 0.25) is 5.91 Å². The van der Waals surface area contributed by atoms with Crippen molar-refractivity contribution in [2.75, 3.05) is 38.7 Å². The Morgan fingerprint density at radius 3 is 2.52 bits per heavy atom. The second-order valence-electron chi connectivity index (χ2n) is 6.90. The van der Waals surface area contributed by atoms with Crippen LogP contribution in [0.3, 0.4) is 0 Å². The molecule has 5 nitrogen and oxygen atoms in total. The SMILES string of the molecule is CCOc1cccc2sc(N(CCCN(C)C)C(=O)Cc3ccccc3)nc12.[Cl-]. The molecule has 0 saturated carbocycles. The lowest BCUT2D eigenvalue weighted by Gasteiger charge is -2.21. The van der Waals surface area contributed by atoms with Crippen molar-refractivity contribution >= 4 is 32.6 Å². The number of halogens is 1. The number of anilines is 1. The number of thiazole rings is 1. The number of amides is 1. The van der Waals surface area contributed by atoms with Gasteiger partial charge in [-0.3, -0.25) is 9.69 Å². The van der Waals surface area contributed by atoms with E-state index in [0.29, 0.717) is 19.6 Å². The van der Waals surface area contributed by atoms with Crippen LogP contribution >= 0.6 is 11.3 Å². The van der Waals surface area contributed by atoms with E-state index < -0.39 is 0 Å². The molecule has 7 heteroatoms. The summed E-state index contributed by atoms with van der Waals surface area (Å²) in [6.45, 7) is 4.12. The Morgan fingerprint density at radius 1 is 1.07 bits per heavy atom. The third kappa shape index (κ3) is 6.16. The average Bonchev–Trinajstić information content (AvgIpc) is 3.11. The van der Waals surface area contributed by atoms with Crippen molar-refractivity contribution < 1.29 is 21.9 Å². The van der Waals surface area contributed by atoms with Gasteiger partial charge in [-0.2, -0.15) is 0 Å². The summed E-state index contributed by atoms with van der Waals surface area (Å²) in [6, 6.07) is 15.8. The largest absolute Gasteiger partial charge is 1.00 e. The number of benzene rings is 2. The van der Waals surface area contributed by atoms with Crippen LogP contribution in [-0.2, 0) is 11.2 Å². The van der Waals surface area contributed by atoms with E-state index in [1.54, 1.807) is 11.3 Å². The molecule has 0 aliphatic heterocycles. The highest BCUT2D eigenvalue weighted by Crippen LogP contribution is 2.34. The van der Waals surface area contributed by atoms with Crippen LogP contribution in [0.2, 0.25) is 0 Å². The predicted octanol–water partition coefficient (Wildman–Crippen LogP) is 1.23. The molecule has 0 aliphatic carbocycles. The molecule has 3 rings (SSSR count). The maximum atomic E-state index is 13.1. The van der Waals surface area contributed by atoms with Gasteiger partial charge in [-0.15, -0.1) is 0 Å².